The second-order valence-corrected chi connectivity index (χ2v) is 2.13. The highest BCUT2D eigenvalue weighted by Crippen LogP contribution is 1.91. The molecule has 0 aromatic rings. The zero-order chi connectivity index (χ0) is 8.85. The molecular formula is C6H12O5. The quantitative estimate of drug-likeness (QED) is 0.420. The first kappa shape index (κ1) is 10.5. The summed E-state index contributed by atoms with van der Waals surface area (Å²) in [5.74, 6) is -0.532. The molecule has 1 unspecified atom stereocenters. The highest BCUT2D eigenvalue weighted by molar-refractivity contribution is 5.78. The van der Waals surface area contributed by atoms with Gasteiger partial charge >= 0.3 is 0 Å². The van der Waals surface area contributed by atoms with Gasteiger partial charge in [-0.15, -0.1) is 0 Å². The van der Waals surface area contributed by atoms with Crippen LogP contribution in [0.3, 0.4) is 0 Å². The summed E-state index contributed by atoms with van der Waals surface area (Å²) in [6.45, 7) is 0.456. The number of aliphatic hydroxyl groups excluding tert-OH is 3. The number of hydrogen-bond acceptors (Lipinski definition) is 5. The van der Waals surface area contributed by atoms with Gasteiger partial charge in [-0.3, -0.25) is 4.79 Å². The molecule has 66 valence electrons. The van der Waals surface area contributed by atoms with Crippen molar-refractivity contribution in [1.82, 2.24) is 0 Å². The number of carbonyl (C=O) groups is 1. The van der Waals surface area contributed by atoms with Gasteiger partial charge in [0.05, 0.1) is 13.2 Å². The van der Waals surface area contributed by atoms with Crippen LogP contribution in [0.2, 0.25) is 0 Å². The van der Waals surface area contributed by atoms with E-state index in [1.165, 1.54) is 0 Å². The smallest absolute Gasteiger partial charge is 0.215 e. The fourth-order valence-corrected chi connectivity index (χ4v) is 0.372. The van der Waals surface area contributed by atoms with E-state index >= 15 is 0 Å². The van der Waals surface area contributed by atoms with Crippen molar-refractivity contribution in [1.29, 1.82) is 0 Å². The number of Topliss-reactive ketones (excluding diaryl/α,β-unsaturated/α-hetero) is 1. The highest BCUT2D eigenvalue weighted by Gasteiger charge is 2.11. The summed E-state index contributed by atoms with van der Waals surface area (Å²) in [7, 11) is 0. The second-order valence-electron chi connectivity index (χ2n) is 2.13. The zero-order valence-electron chi connectivity index (χ0n) is 6.23. The largest absolute Gasteiger partial charge is 0.394 e. The standard InChI is InChI=1S/C6H12O5/c1-4(8)6(10)11-3-5(9)2-7/h5-7,9-10H,2-3H2,1H3/t5-,6?/m1/s1. The molecule has 5 heteroatoms. The summed E-state index contributed by atoms with van der Waals surface area (Å²) in [6, 6.07) is 0. The van der Waals surface area contributed by atoms with Gasteiger partial charge in [0, 0.05) is 0 Å². The lowest BCUT2D eigenvalue weighted by Gasteiger charge is -2.10. The first-order chi connectivity index (χ1) is 5.07. The van der Waals surface area contributed by atoms with Gasteiger partial charge in [-0.05, 0) is 6.92 Å². The Morgan fingerprint density at radius 3 is 2.45 bits per heavy atom. The molecule has 0 saturated heterocycles. The van der Waals surface area contributed by atoms with E-state index in [9.17, 15) is 4.79 Å². The molecule has 0 heterocycles. The third-order valence-corrected chi connectivity index (χ3v) is 1.00. The molecule has 0 spiro atoms. The molecule has 0 radical (unpaired) electrons. The monoisotopic (exact) mass is 164 g/mol. The van der Waals surface area contributed by atoms with Crippen LogP contribution >= 0.6 is 0 Å². The molecule has 0 aromatic heterocycles. The van der Waals surface area contributed by atoms with Crippen molar-refractivity contribution >= 4 is 5.78 Å². The maximum atomic E-state index is 10.3. The van der Waals surface area contributed by atoms with Crippen LogP contribution in [0.25, 0.3) is 0 Å². The molecule has 0 rings (SSSR count). The summed E-state index contributed by atoms with van der Waals surface area (Å²) in [5.41, 5.74) is 0. The molecule has 0 aliphatic rings. The molecule has 0 aliphatic carbocycles. The van der Waals surface area contributed by atoms with Crippen molar-refractivity contribution in [3.8, 4) is 0 Å². The van der Waals surface area contributed by atoms with Crippen LogP contribution in [0, 0.1) is 0 Å². The number of rotatable bonds is 5. The van der Waals surface area contributed by atoms with Gasteiger partial charge in [0.15, 0.2) is 5.78 Å². The van der Waals surface area contributed by atoms with Crippen molar-refractivity contribution in [3.05, 3.63) is 0 Å². The summed E-state index contributed by atoms with van der Waals surface area (Å²) in [4.78, 5) is 10.3. The Morgan fingerprint density at radius 1 is 1.55 bits per heavy atom. The van der Waals surface area contributed by atoms with E-state index in [2.05, 4.69) is 4.74 Å². The fraction of sp³-hybridized carbons (Fsp3) is 0.833. The molecule has 2 atom stereocenters. The molecule has 0 aromatic carbocycles. The Labute approximate surface area is 64.2 Å². The van der Waals surface area contributed by atoms with Gasteiger partial charge in [0.1, 0.15) is 6.10 Å². The van der Waals surface area contributed by atoms with Crippen molar-refractivity contribution in [2.45, 2.75) is 19.3 Å². The van der Waals surface area contributed by atoms with E-state index in [-0.39, 0.29) is 6.61 Å². The Morgan fingerprint density at radius 2 is 2.09 bits per heavy atom. The molecule has 0 aliphatic heterocycles. The first-order valence-corrected chi connectivity index (χ1v) is 3.17. The lowest BCUT2D eigenvalue weighted by Crippen LogP contribution is -2.28. The lowest BCUT2D eigenvalue weighted by molar-refractivity contribution is -0.160. The average Bonchev–Trinajstić information content (AvgIpc) is 1.99. The van der Waals surface area contributed by atoms with Crippen molar-refractivity contribution in [3.63, 3.8) is 0 Å². The van der Waals surface area contributed by atoms with Crippen LogP contribution in [0.4, 0.5) is 0 Å². The van der Waals surface area contributed by atoms with Gasteiger partial charge in [0.25, 0.3) is 0 Å². The Bertz CT molecular complexity index is 124. The predicted octanol–water partition coefficient (Wildman–Crippen LogP) is -1.74. The van der Waals surface area contributed by atoms with Crippen LogP contribution in [0.15, 0.2) is 0 Å². The molecule has 0 amide bonds. The predicted molar refractivity (Wildman–Crippen MR) is 35.7 cm³/mol. The van der Waals surface area contributed by atoms with E-state index in [1.807, 2.05) is 0 Å². The van der Waals surface area contributed by atoms with Gasteiger partial charge in [-0.1, -0.05) is 0 Å². The molecular weight excluding hydrogens is 152 g/mol. The minimum Gasteiger partial charge on any atom is -0.394 e. The number of ketones is 1. The Balaban J connectivity index is 3.45. The Kier molecular flexibility index (Phi) is 4.97. The molecule has 0 fully saturated rings. The van der Waals surface area contributed by atoms with E-state index in [0.29, 0.717) is 0 Å². The third kappa shape index (κ3) is 4.86. The molecule has 0 bridgehead atoms. The van der Waals surface area contributed by atoms with Gasteiger partial charge < -0.3 is 20.1 Å². The van der Waals surface area contributed by atoms with Gasteiger partial charge in [-0.2, -0.15) is 0 Å². The molecule has 3 N–H and O–H groups in total. The highest BCUT2D eigenvalue weighted by atomic mass is 16.6. The van der Waals surface area contributed by atoms with E-state index in [4.69, 9.17) is 15.3 Å². The van der Waals surface area contributed by atoms with Crippen LogP contribution in [-0.2, 0) is 9.53 Å². The Hall–Kier alpha value is -0.490. The third-order valence-electron chi connectivity index (χ3n) is 1.00. The minimum absolute atomic E-state index is 0.253. The zero-order valence-corrected chi connectivity index (χ0v) is 6.23. The SMILES string of the molecule is CC(=O)C(O)OC[C@H](O)CO. The van der Waals surface area contributed by atoms with E-state index in [0.717, 1.165) is 6.92 Å². The minimum atomic E-state index is -1.50. The number of carbonyl (C=O) groups excluding carboxylic acids is 1. The van der Waals surface area contributed by atoms with Crippen LogP contribution in [0.5, 0.6) is 0 Å². The summed E-state index contributed by atoms with van der Waals surface area (Å²) >= 11 is 0. The van der Waals surface area contributed by atoms with Gasteiger partial charge in [-0.25, -0.2) is 0 Å². The number of hydrogen-bond donors (Lipinski definition) is 3. The molecule has 11 heavy (non-hydrogen) atoms. The number of ether oxygens (including phenoxy) is 1. The second kappa shape index (κ2) is 5.20. The maximum absolute atomic E-state index is 10.3. The molecule has 5 nitrogen and oxygen atoms in total. The normalized spacial score (nSPS) is 16.0. The average molecular weight is 164 g/mol. The van der Waals surface area contributed by atoms with Gasteiger partial charge in [0.2, 0.25) is 6.29 Å². The van der Waals surface area contributed by atoms with E-state index < -0.39 is 24.8 Å². The van der Waals surface area contributed by atoms with Crippen LogP contribution in [0.1, 0.15) is 6.92 Å². The summed E-state index contributed by atoms with van der Waals surface area (Å²) in [6.07, 6.45) is -2.56. The summed E-state index contributed by atoms with van der Waals surface area (Å²) in [5, 5.41) is 25.7. The lowest BCUT2D eigenvalue weighted by atomic mass is 10.4. The van der Waals surface area contributed by atoms with Crippen molar-refractivity contribution < 1.29 is 24.9 Å². The van der Waals surface area contributed by atoms with E-state index in [1.54, 1.807) is 0 Å². The maximum Gasteiger partial charge on any atom is 0.215 e. The van der Waals surface area contributed by atoms with Crippen molar-refractivity contribution in [2.24, 2.45) is 0 Å². The van der Waals surface area contributed by atoms with Crippen LogP contribution in [-0.4, -0.2) is 46.7 Å². The first-order valence-electron chi connectivity index (χ1n) is 3.17. The topological polar surface area (TPSA) is 87.0 Å². The number of aliphatic hydroxyl groups is 3. The summed E-state index contributed by atoms with van der Waals surface area (Å²) < 4.78 is 4.45. The molecule has 0 saturated carbocycles. The van der Waals surface area contributed by atoms with Crippen molar-refractivity contribution in [2.75, 3.05) is 13.2 Å². The van der Waals surface area contributed by atoms with Crippen LogP contribution < -0.4 is 0 Å². The fourth-order valence-electron chi connectivity index (χ4n) is 0.372.